The predicted molar refractivity (Wildman–Crippen MR) is 120 cm³/mol. The molecule has 1 aliphatic heterocycles. The van der Waals surface area contributed by atoms with Crippen molar-refractivity contribution in [2.75, 3.05) is 23.3 Å². The number of carbonyl (C=O) groups is 1. The van der Waals surface area contributed by atoms with Crippen LogP contribution in [0, 0.1) is 18.7 Å². The summed E-state index contributed by atoms with van der Waals surface area (Å²) in [6.07, 6.45) is 3.39. The molecule has 0 radical (unpaired) electrons. The number of aryl methyl sites for hydroxylation is 1. The summed E-state index contributed by atoms with van der Waals surface area (Å²) >= 11 is 0. The van der Waals surface area contributed by atoms with Gasteiger partial charge in [-0.05, 0) is 44.0 Å². The van der Waals surface area contributed by atoms with Crippen molar-refractivity contribution in [1.82, 2.24) is 15.3 Å². The monoisotopic (exact) mass is 419 g/mol. The minimum Gasteiger partial charge on any atom is -0.352 e. The lowest BCUT2D eigenvalue weighted by atomic mass is 9.97. The summed E-state index contributed by atoms with van der Waals surface area (Å²) in [7, 11) is 0. The van der Waals surface area contributed by atoms with Crippen molar-refractivity contribution < 1.29 is 9.18 Å². The summed E-state index contributed by atoms with van der Waals surface area (Å²) in [4.78, 5) is 23.8. The average Bonchev–Trinajstić information content (AvgIpc) is 2.80. The lowest BCUT2D eigenvalue weighted by Crippen LogP contribution is -2.43. The van der Waals surface area contributed by atoms with Crippen LogP contribution in [0.15, 0.2) is 60.8 Å². The lowest BCUT2D eigenvalue weighted by molar-refractivity contribution is -0.125. The van der Waals surface area contributed by atoms with Gasteiger partial charge in [0.15, 0.2) is 0 Å². The molecule has 1 atom stereocenters. The second kappa shape index (κ2) is 9.55. The molecule has 2 heterocycles. The van der Waals surface area contributed by atoms with Gasteiger partial charge in [0.2, 0.25) is 11.9 Å². The molecule has 1 unspecified atom stereocenters. The molecule has 0 bridgehead atoms. The molecule has 1 saturated heterocycles. The highest BCUT2D eigenvalue weighted by Crippen LogP contribution is 2.23. The van der Waals surface area contributed by atoms with Gasteiger partial charge in [0.05, 0.1) is 5.92 Å². The number of hydrogen-bond donors (Lipinski definition) is 2. The molecule has 160 valence electrons. The maximum Gasteiger partial charge on any atom is 0.227 e. The predicted octanol–water partition coefficient (Wildman–Crippen LogP) is 4.20. The second-order valence-electron chi connectivity index (χ2n) is 7.83. The molecule has 31 heavy (non-hydrogen) atoms. The van der Waals surface area contributed by atoms with Crippen LogP contribution >= 0.6 is 0 Å². The van der Waals surface area contributed by atoms with E-state index in [0.29, 0.717) is 23.9 Å². The number of carbonyl (C=O) groups excluding carboxylic acids is 1. The van der Waals surface area contributed by atoms with Crippen molar-refractivity contribution in [3.05, 3.63) is 77.7 Å². The number of piperidine rings is 1. The molecule has 7 heteroatoms. The van der Waals surface area contributed by atoms with Gasteiger partial charge < -0.3 is 15.5 Å². The Hall–Kier alpha value is -3.48. The lowest BCUT2D eigenvalue weighted by Gasteiger charge is -2.32. The molecular weight excluding hydrogens is 393 g/mol. The number of halogens is 1. The van der Waals surface area contributed by atoms with Crippen molar-refractivity contribution in [2.45, 2.75) is 26.3 Å². The average molecular weight is 420 g/mol. The first-order chi connectivity index (χ1) is 15.1. The van der Waals surface area contributed by atoms with Crippen molar-refractivity contribution in [3.63, 3.8) is 0 Å². The minimum absolute atomic E-state index is 0.0677. The molecule has 0 aliphatic carbocycles. The number of aromatic nitrogens is 2. The summed E-state index contributed by atoms with van der Waals surface area (Å²) in [6, 6.07) is 16.4. The molecule has 1 aromatic heterocycles. The zero-order valence-electron chi connectivity index (χ0n) is 17.5. The zero-order chi connectivity index (χ0) is 21.6. The van der Waals surface area contributed by atoms with E-state index in [4.69, 9.17) is 0 Å². The molecule has 4 rings (SSSR count). The van der Waals surface area contributed by atoms with Gasteiger partial charge in [0, 0.05) is 37.1 Å². The van der Waals surface area contributed by atoms with Gasteiger partial charge >= 0.3 is 0 Å². The van der Waals surface area contributed by atoms with E-state index in [9.17, 15) is 9.18 Å². The van der Waals surface area contributed by atoms with Crippen LogP contribution in [0.1, 0.15) is 24.0 Å². The van der Waals surface area contributed by atoms with Gasteiger partial charge in [-0.2, -0.15) is 4.98 Å². The Morgan fingerprint density at radius 1 is 1.16 bits per heavy atom. The van der Waals surface area contributed by atoms with Gasteiger partial charge in [0.1, 0.15) is 11.6 Å². The third-order valence-corrected chi connectivity index (χ3v) is 5.45. The van der Waals surface area contributed by atoms with Crippen LogP contribution in [0.25, 0.3) is 0 Å². The molecule has 1 amide bonds. The highest BCUT2D eigenvalue weighted by Gasteiger charge is 2.27. The van der Waals surface area contributed by atoms with Gasteiger partial charge in [-0.15, -0.1) is 0 Å². The largest absolute Gasteiger partial charge is 0.352 e. The summed E-state index contributed by atoms with van der Waals surface area (Å²) in [5.41, 5.74) is 2.64. The van der Waals surface area contributed by atoms with Crippen LogP contribution in [0.3, 0.4) is 0 Å². The second-order valence-corrected chi connectivity index (χ2v) is 7.83. The zero-order valence-corrected chi connectivity index (χ0v) is 17.5. The topological polar surface area (TPSA) is 70.2 Å². The van der Waals surface area contributed by atoms with Crippen LogP contribution in [-0.2, 0) is 11.3 Å². The minimum atomic E-state index is -0.306. The van der Waals surface area contributed by atoms with Crippen LogP contribution in [0.5, 0.6) is 0 Å². The third kappa shape index (κ3) is 5.36. The molecule has 0 spiro atoms. The first-order valence-corrected chi connectivity index (χ1v) is 10.5. The number of anilines is 3. The Kier molecular flexibility index (Phi) is 6.40. The standard InChI is InChI=1S/C24H26FN5O/c1-17-8-10-20(11-9-17)28-22-12-13-26-24(29-22)30-14-4-6-19(16-30)23(31)27-15-18-5-2-3-7-21(18)25/h2-3,5,7-13,19H,4,6,14-16H2,1H3,(H,27,31)(H,26,28,29). The van der Waals surface area contributed by atoms with Crippen LogP contribution < -0.4 is 15.5 Å². The molecule has 2 aromatic carbocycles. The first-order valence-electron chi connectivity index (χ1n) is 10.5. The SMILES string of the molecule is Cc1ccc(Nc2ccnc(N3CCCC(C(=O)NCc4ccccc4F)C3)n2)cc1. The molecular formula is C24H26FN5O. The summed E-state index contributed by atoms with van der Waals surface area (Å²) in [5.74, 6) is 0.753. The summed E-state index contributed by atoms with van der Waals surface area (Å²) in [5, 5.41) is 6.17. The maximum atomic E-state index is 13.8. The van der Waals surface area contributed by atoms with E-state index in [1.807, 2.05) is 42.2 Å². The smallest absolute Gasteiger partial charge is 0.227 e. The highest BCUT2D eigenvalue weighted by atomic mass is 19.1. The Balaban J connectivity index is 1.38. The van der Waals surface area contributed by atoms with E-state index >= 15 is 0 Å². The Morgan fingerprint density at radius 2 is 1.97 bits per heavy atom. The Morgan fingerprint density at radius 3 is 2.77 bits per heavy atom. The van der Waals surface area contributed by atoms with Crippen molar-refractivity contribution in [2.24, 2.45) is 5.92 Å². The van der Waals surface area contributed by atoms with Gasteiger partial charge in [-0.25, -0.2) is 9.37 Å². The number of nitrogens with one attached hydrogen (secondary N) is 2. The van der Waals surface area contributed by atoms with E-state index in [0.717, 1.165) is 25.1 Å². The van der Waals surface area contributed by atoms with Crippen molar-refractivity contribution in [3.8, 4) is 0 Å². The number of benzene rings is 2. The highest BCUT2D eigenvalue weighted by molar-refractivity contribution is 5.79. The number of rotatable bonds is 6. The number of amides is 1. The Labute approximate surface area is 181 Å². The van der Waals surface area contributed by atoms with E-state index in [-0.39, 0.29) is 24.2 Å². The van der Waals surface area contributed by atoms with E-state index in [1.165, 1.54) is 11.6 Å². The first kappa shape index (κ1) is 20.8. The van der Waals surface area contributed by atoms with Crippen LogP contribution in [0.4, 0.5) is 21.8 Å². The van der Waals surface area contributed by atoms with E-state index in [1.54, 1.807) is 24.4 Å². The fourth-order valence-corrected chi connectivity index (χ4v) is 3.70. The van der Waals surface area contributed by atoms with Gasteiger partial charge in [0.25, 0.3) is 0 Å². The van der Waals surface area contributed by atoms with Crippen LogP contribution in [-0.4, -0.2) is 29.0 Å². The quantitative estimate of drug-likeness (QED) is 0.627. The normalized spacial score (nSPS) is 16.1. The fourth-order valence-electron chi connectivity index (χ4n) is 3.70. The summed E-state index contributed by atoms with van der Waals surface area (Å²) < 4.78 is 13.8. The fraction of sp³-hybridized carbons (Fsp3) is 0.292. The number of hydrogen-bond acceptors (Lipinski definition) is 5. The molecule has 2 N–H and O–H groups in total. The molecule has 1 aliphatic rings. The number of nitrogens with zero attached hydrogens (tertiary/aromatic N) is 3. The van der Waals surface area contributed by atoms with Crippen molar-refractivity contribution in [1.29, 1.82) is 0 Å². The molecule has 6 nitrogen and oxygen atoms in total. The molecule has 3 aromatic rings. The summed E-state index contributed by atoms with van der Waals surface area (Å²) in [6.45, 7) is 3.57. The van der Waals surface area contributed by atoms with E-state index < -0.39 is 0 Å². The van der Waals surface area contributed by atoms with Gasteiger partial charge in [-0.3, -0.25) is 4.79 Å². The van der Waals surface area contributed by atoms with E-state index in [2.05, 4.69) is 20.6 Å². The Bertz CT molecular complexity index is 1040. The van der Waals surface area contributed by atoms with Crippen LogP contribution in [0.2, 0.25) is 0 Å². The third-order valence-electron chi connectivity index (χ3n) is 5.45. The van der Waals surface area contributed by atoms with Gasteiger partial charge in [-0.1, -0.05) is 35.9 Å². The maximum absolute atomic E-state index is 13.8. The molecule has 0 saturated carbocycles. The van der Waals surface area contributed by atoms with Crippen molar-refractivity contribution >= 4 is 23.4 Å². The molecule has 1 fully saturated rings.